The predicted molar refractivity (Wildman–Crippen MR) is 104 cm³/mol. The number of carbonyl (C=O) groups is 1. The third-order valence-corrected chi connectivity index (χ3v) is 6.25. The van der Waals surface area contributed by atoms with Crippen LogP contribution in [0.2, 0.25) is 0 Å². The van der Waals surface area contributed by atoms with Crippen LogP contribution in [0.5, 0.6) is 0 Å². The van der Waals surface area contributed by atoms with Gasteiger partial charge in [0, 0.05) is 30.6 Å². The topological polar surface area (TPSA) is 88.4 Å². The van der Waals surface area contributed by atoms with Crippen molar-refractivity contribution < 1.29 is 18.3 Å². The molecule has 0 radical (unpaired) electrons. The number of aromatic nitrogens is 1. The van der Waals surface area contributed by atoms with E-state index in [2.05, 4.69) is 4.72 Å². The zero-order valence-corrected chi connectivity index (χ0v) is 16.2. The van der Waals surface area contributed by atoms with Crippen LogP contribution in [0.25, 0.3) is 10.9 Å². The Bertz CT molecular complexity index is 1120. The summed E-state index contributed by atoms with van der Waals surface area (Å²) in [7, 11) is -2.09. The highest BCUT2D eigenvalue weighted by atomic mass is 32.2. The van der Waals surface area contributed by atoms with Crippen molar-refractivity contribution in [2.45, 2.75) is 31.2 Å². The van der Waals surface area contributed by atoms with Gasteiger partial charge < -0.3 is 9.67 Å². The number of aryl methyl sites for hydroxylation is 3. The van der Waals surface area contributed by atoms with Crippen molar-refractivity contribution in [3.8, 4) is 0 Å². The van der Waals surface area contributed by atoms with E-state index in [-0.39, 0.29) is 11.3 Å². The Labute approximate surface area is 158 Å². The molecule has 3 aromatic rings. The highest BCUT2D eigenvalue weighted by molar-refractivity contribution is 7.89. The standard InChI is InChI=1S/C20H22N2O4S/c1-13-8-9-14(2)19(10-13)27(25,26)21-17(20(23)24)11-15-12-22(3)18-7-5-4-6-16(15)18/h4-10,12,17,21H,11H2,1-3H3,(H,23,24). The van der Waals surface area contributed by atoms with Crippen LogP contribution in [0.3, 0.4) is 0 Å². The van der Waals surface area contributed by atoms with E-state index in [9.17, 15) is 18.3 Å². The summed E-state index contributed by atoms with van der Waals surface area (Å²) in [6, 6.07) is 11.4. The Morgan fingerprint density at radius 1 is 1.19 bits per heavy atom. The lowest BCUT2D eigenvalue weighted by atomic mass is 10.1. The maximum absolute atomic E-state index is 12.8. The Morgan fingerprint density at radius 2 is 1.89 bits per heavy atom. The second kappa shape index (κ2) is 7.17. The van der Waals surface area contributed by atoms with Crippen molar-refractivity contribution >= 4 is 26.9 Å². The fourth-order valence-electron chi connectivity index (χ4n) is 3.24. The number of carboxylic acid groups (broad SMARTS) is 1. The number of sulfonamides is 1. The average molecular weight is 386 g/mol. The highest BCUT2D eigenvalue weighted by Gasteiger charge is 2.27. The average Bonchev–Trinajstić information content (AvgIpc) is 2.92. The van der Waals surface area contributed by atoms with E-state index in [1.165, 1.54) is 0 Å². The lowest BCUT2D eigenvalue weighted by Crippen LogP contribution is -2.42. The molecule has 1 heterocycles. The van der Waals surface area contributed by atoms with Gasteiger partial charge in [0.25, 0.3) is 0 Å². The second-order valence-corrected chi connectivity index (χ2v) is 8.45. The quantitative estimate of drug-likeness (QED) is 0.682. The van der Waals surface area contributed by atoms with Crippen LogP contribution in [0.15, 0.2) is 53.6 Å². The molecule has 7 heteroatoms. The van der Waals surface area contributed by atoms with E-state index >= 15 is 0 Å². The van der Waals surface area contributed by atoms with Gasteiger partial charge >= 0.3 is 5.97 Å². The molecule has 1 atom stereocenters. The SMILES string of the molecule is Cc1ccc(C)c(S(=O)(=O)NC(Cc2cn(C)c3ccccc23)C(=O)O)c1. The predicted octanol–water partition coefficient (Wildman–Crippen LogP) is 2.77. The molecule has 1 aromatic heterocycles. The van der Waals surface area contributed by atoms with Gasteiger partial charge in [0.05, 0.1) is 4.90 Å². The molecule has 2 aromatic carbocycles. The zero-order chi connectivity index (χ0) is 19.8. The minimum atomic E-state index is -3.96. The highest BCUT2D eigenvalue weighted by Crippen LogP contribution is 2.23. The second-order valence-electron chi connectivity index (χ2n) is 6.77. The number of hydrogen-bond donors (Lipinski definition) is 2. The van der Waals surface area contributed by atoms with Crippen molar-refractivity contribution in [1.29, 1.82) is 0 Å². The molecule has 1 unspecified atom stereocenters. The van der Waals surface area contributed by atoms with Gasteiger partial charge in [0.1, 0.15) is 6.04 Å². The summed E-state index contributed by atoms with van der Waals surface area (Å²) >= 11 is 0. The van der Waals surface area contributed by atoms with E-state index in [1.54, 1.807) is 26.0 Å². The normalized spacial score (nSPS) is 13.0. The summed E-state index contributed by atoms with van der Waals surface area (Å²) in [6.45, 7) is 3.48. The van der Waals surface area contributed by atoms with Gasteiger partial charge in [-0.05, 0) is 42.7 Å². The lowest BCUT2D eigenvalue weighted by Gasteiger charge is -2.16. The van der Waals surface area contributed by atoms with Crippen LogP contribution in [0.1, 0.15) is 16.7 Å². The third-order valence-electron chi connectivity index (χ3n) is 4.63. The molecule has 0 aliphatic carbocycles. The smallest absolute Gasteiger partial charge is 0.322 e. The molecule has 2 N–H and O–H groups in total. The molecule has 0 saturated carbocycles. The van der Waals surface area contributed by atoms with Crippen molar-refractivity contribution in [1.82, 2.24) is 9.29 Å². The molecule has 142 valence electrons. The Hall–Kier alpha value is -2.64. The van der Waals surface area contributed by atoms with Crippen molar-refractivity contribution in [3.63, 3.8) is 0 Å². The van der Waals surface area contributed by atoms with E-state index in [0.717, 1.165) is 22.0 Å². The molecule has 0 aliphatic heterocycles. The van der Waals surface area contributed by atoms with Crippen molar-refractivity contribution in [2.24, 2.45) is 7.05 Å². The zero-order valence-electron chi connectivity index (χ0n) is 15.4. The summed E-state index contributed by atoms with van der Waals surface area (Å²) in [4.78, 5) is 11.9. The van der Waals surface area contributed by atoms with E-state index in [4.69, 9.17) is 0 Å². The van der Waals surface area contributed by atoms with Crippen LogP contribution in [-0.4, -0.2) is 30.1 Å². The maximum atomic E-state index is 12.8. The number of benzene rings is 2. The van der Waals surface area contributed by atoms with Gasteiger partial charge in [-0.25, -0.2) is 8.42 Å². The molecule has 0 fully saturated rings. The van der Waals surface area contributed by atoms with E-state index in [0.29, 0.717) is 5.56 Å². The van der Waals surface area contributed by atoms with Crippen LogP contribution in [-0.2, 0) is 28.3 Å². The maximum Gasteiger partial charge on any atom is 0.322 e. The first-order valence-electron chi connectivity index (χ1n) is 8.54. The summed E-state index contributed by atoms with van der Waals surface area (Å²) in [6.07, 6.45) is 1.90. The molecule has 3 rings (SSSR count). The van der Waals surface area contributed by atoms with Crippen LogP contribution >= 0.6 is 0 Å². The number of para-hydroxylation sites is 1. The monoisotopic (exact) mass is 386 g/mol. The fourth-order valence-corrected chi connectivity index (χ4v) is 4.75. The first-order chi connectivity index (χ1) is 12.7. The third kappa shape index (κ3) is 3.89. The molecule has 0 amide bonds. The molecule has 0 spiro atoms. The molecular weight excluding hydrogens is 364 g/mol. The minimum absolute atomic E-state index is 0.0563. The Balaban J connectivity index is 1.94. The number of aliphatic carboxylic acids is 1. The minimum Gasteiger partial charge on any atom is -0.480 e. The van der Waals surface area contributed by atoms with E-state index < -0.39 is 22.0 Å². The van der Waals surface area contributed by atoms with Crippen LogP contribution in [0, 0.1) is 13.8 Å². The Morgan fingerprint density at radius 3 is 2.59 bits per heavy atom. The first kappa shape index (κ1) is 19.1. The summed E-state index contributed by atoms with van der Waals surface area (Å²) in [5, 5.41) is 10.5. The van der Waals surface area contributed by atoms with Gasteiger partial charge in [0.2, 0.25) is 10.0 Å². The van der Waals surface area contributed by atoms with Gasteiger partial charge in [-0.2, -0.15) is 4.72 Å². The largest absolute Gasteiger partial charge is 0.480 e. The molecule has 27 heavy (non-hydrogen) atoms. The summed E-state index contributed by atoms with van der Waals surface area (Å²) < 4.78 is 29.9. The van der Waals surface area contributed by atoms with Gasteiger partial charge in [-0.3, -0.25) is 4.79 Å². The Kier molecular flexibility index (Phi) is 5.08. The fraction of sp³-hybridized carbons (Fsp3) is 0.250. The van der Waals surface area contributed by atoms with Crippen molar-refractivity contribution in [2.75, 3.05) is 0 Å². The van der Waals surface area contributed by atoms with Gasteiger partial charge in [-0.1, -0.05) is 30.3 Å². The number of fused-ring (bicyclic) bond motifs is 1. The summed E-state index contributed by atoms with van der Waals surface area (Å²) in [5.41, 5.74) is 3.11. The number of carboxylic acids is 1. The molecular formula is C20H22N2O4S. The number of nitrogens with one attached hydrogen (secondary N) is 1. The lowest BCUT2D eigenvalue weighted by molar-refractivity contribution is -0.138. The number of hydrogen-bond acceptors (Lipinski definition) is 3. The molecule has 6 nitrogen and oxygen atoms in total. The van der Waals surface area contributed by atoms with Crippen LogP contribution in [0.4, 0.5) is 0 Å². The van der Waals surface area contributed by atoms with Crippen molar-refractivity contribution in [3.05, 3.63) is 65.4 Å². The molecule has 0 bridgehead atoms. The number of rotatable bonds is 6. The number of nitrogens with zero attached hydrogens (tertiary/aromatic N) is 1. The van der Waals surface area contributed by atoms with Crippen LogP contribution < -0.4 is 4.72 Å². The first-order valence-corrected chi connectivity index (χ1v) is 10.0. The van der Waals surface area contributed by atoms with Gasteiger partial charge in [0.15, 0.2) is 0 Å². The molecule has 0 saturated heterocycles. The van der Waals surface area contributed by atoms with E-state index in [1.807, 2.05) is 48.1 Å². The molecule has 0 aliphatic rings. The summed E-state index contributed by atoms with van der Waals surface area (Å²) in [5.74, 6) is -1.21. The van der Waals surface area contributed by atoms with Gasteiger partial charge in [-0.15, -0.1) is 0 Å².